The van der Waals surface area contributed by atoms with Gasteiger partial charge in [0, 0.05) is 56.9 Å². The number of anilines is 2. The summed E-state index contributed by atoms with van der Waals surface area (Å²) in [4.78, 5) is 34.0. The molecule has 1 saturated heterocycles. The van der Waals surface area contributed by atoms with Crippen molar-refractivity contribution in [2.75, 3.05) is 36.0 Å². The van der Waals surface area contributed by atoms with Gasteiger partial charge < -0.3 is 15.1 Å². The number of carbonyl (C=O) groups is 1. The van der Waals surface area contributed by atoms with Crippen molar-refractivity contribution < 1.29 is 13.6 Å². The second kappa shape index (κ2) is 9.53. The molecule has 0 saturated carbocycles. The van der Waals surface area contributed by atoms with Gasteiger partial charge >= 0.3 is 5.69 Å². The number of fused-ring (bicyclic) bond motifs is 1. The smallest absolute Gasteiger partial charge is 0.350 e. The molecule has 2 aromatic heterocycles. The summed E-state index contributed by atoms with van der Waals surface area (Å²) < 4.78 is 29.1. The van der Waals surface area contributed by atoms with Crippen molar-refractivity contribution in [1.29, 1.82) is 0 Å². The topological polar surface area (TPSA) is 87.8 Å². The SMILES string of the molecule is O=C(Cn1nc2c(N3CCN(c4ccccc4)CC3)nccn2c1=O)NCc1cc(F)cc(F)c1. The molecule has 180 valence electrons. The van der Waals surface area contributed by atoms with Crippen molar-refractivity contribution in [3.63, 3.8) is 0 Å². The van der Waals surface area contributed by atoms with Crippen LogP contribution in [0.4, 0.5) is 20.3 Å². The van der Waals surface area contributed by atoms with E-state index in [0.717, 1.165) is 41.7 Å². The Morgan fingerprint density at radius 3 is 2.37 bits per heavy atom. The van der Waals surface area contributed by atoms with E-state index in [-0.39, 0.29) is 18.7 Å². The van der Waals surface area contributed by atoms with E-state index in [1.54, 1.807) is 0 Å². The predicted octanol–water partition coefficient (Wildman–Crippen LogP) is 1.81. The summed E-state index contributed by atoms with van der Waals surface area (Å²) in [6, 6.07) is 13.2. The maximum Gasteiger partial charge on any atom is 0.350 e. The third-order valence-corrected chi connectivity index (χ3v) is 5.89. The zero-order valence-electron chi connectivity index (χ0n) is 18.8. The van der Waals surface area contributed by atoms with Gasteiger partial charge in [0.25, 0.3) is 0 Å². The van der Waals surface area contributed by atoms with Crippen molar-refractivity contribution >= 4 is 23.1 Å². The largest absolute Gasteiger partial charge is 0.368 e. The molecule has 3 heterocycles. The zero-order chi connectivity index (χ0) is 24.4. The van der Waals surface area contributed by atoms with Crippen LogP contribution in [0.5, 0.6) is 0 Å². The number of hydrogen-bond acceptors (Lipinski definition) is 6. The van der Waals surface area contributed by atoms with Crippen molar-refractivity contribution in [2.45, 2.75) is 13.1 Å². The van der Waals surface area contributed by atoms with E-state index in [0.29, 0.717) is 24.6 Å². The molecule has 1 aliphatic rings. The molecule has 1 fully saturated rings. The Morgan fingerprint density at radius 2 is 1.66 bits per heavy atom. The van der Waals surface area contributed by atoms with Crippen LogP contribution in [0.25, 0.3) is 5.65 Å². The van der Waals surface area contributed by atoms with Crippen LogP contribution in [-0.4, -0.2) is 51.3 Å². The van der Waals surface area contributed by atoms with E-state index >= 15 is 0 Å². The van der Waals surface area contributed by atoms with Crippen LogP contribution in [0.3, 0.4) is 0 Å². The van der Waals surface area contributed by atoms with Crippen LogP contribution < -0.4 is 20.8 Å². The van der Waals surface area contributed by atoms with Gasteiger partial charge in [-0.1, -0.05) is 18.2 Å². The first-order valence-electron chi connectivity index (χ1n) is 11.2. The normalized spacial score (nSPS) is 13.9. The summed E-state index contributed by atoms with van der Waals surface area (Å²) >= 11 is 0. The summed E-state index contributed by atoms with van der Waals surface area (Å²) in [6.07, 6.45) is 3.05. The number of benzene rings is 2. The first-order chi connectivity index (χ1) is 17.0. The molecule has 0 spiro atoms. The highest BCUT2D eigenvalue weighted by Gasteiger charge is 2.22. The van der Waals surface area contributed by atoms with Crippen molar-refractivity contribution in [2.24, 2.45) is 0 Å². The maximum absolute atomic E-state index is 13.3. The number of aromatic nitrogens is 4. The molecule has 0 bridgehead atoms. The van der Waals surface area contributed by atoms with Gasteiger partial charge in [-0.05, 0) is 29.8 Å². The standard InChI is InChI=1S/C24H23F2N7O2/c25-18-12-17(13-19(26)14-18)15-28-21(34)16-33-24(35)32-7-6-27-22(23(32)29-33)31-10-8-30(9-11-31)20-4-2-1-3-5-20/h1-7,12-14H,8-11,15-16H2,(H,28,34). The quantitative estimate of drug-likeness (QED) is 0.454. The summed E-state index contributed by atoms with van der Waals surface area (Å²) in [6.45, 7) is 2.58. The van der Waals surface area contributed by atoms with Crippen LogP contribution in [0.15, 0.2) is 65.7 Å². The van der Waals surface area contributed by atoms with Gasteiger partial charge in [0.2, 0.25) is 11.6 Å². The molecule has 1 N–H and O–H groups in total. The first-order valence-corrected chi connectivity index (χ1v) is 11.2. The fourth-order valence-corrected chi connectivity index (χ4v) is 4.18. The minimum absolute atomic E-state index is 0.0753. The van der Waals surface area contributed by atoms with E-state index in [4.69, 9.17) is 0 Å². The molecule has 0 unspecified atom stereocenters. The third-order valence-electron chi connectivity index (χ3n) is 5.89. The van der Waals surface area contributed by atoms with Crippen LogP contribution in [0.2, 0.25) is 0 Å². The number of carbonyl (C=O) groups excluding carboxylic acids is 1. The number of rotatable bonds is 6. The van der Waals surface area contributed by atoms with Crippen LogP contribution in [-0.2, 0) is 17.9 Å². The molecular weight excluding hydrogens is 456 g/mol. The Bertz CT molecular complexity index is 1390. The van der Waals surface area contributed by atoms with E-state index < -0.39 is 23.2 Å². The predicted molar refractivity (Wildman–Crippen MR) is 126 cm³/mol. The molecule has 0 aliphatic carbocycles. The first kappa shape index (κ1) is 22.5. The van der Waals surface area contributed by atoms with E-state index in [2.05, 4.69) is 37.3 Å². The highest BCUT2D eigenvalue weighted by Crippen LogP contribution is 2.21. The molecule has 4 aromatic rings. The third kappa shape index (κ3) is 4.84. The molecule has 9 nitrogen and oxygen atoms in total. The summed E-state index contributed by atoms with van der Waals surface area (Å²) in [5, 5.41) is 6.92. The van der Waals surface area contributed by atoms with Crippen LogP contribution in [0.1, 0.15) is 5.56 Å². The Balaban J connectivity index is 1.28. The van der Waals surface area contributed by atoms with Gasteiger partial charge in [0.05, 0.1) is 0 Å². The molecule has 1 aliphatic heterocycles. The van der Waals surface area contributed by atoms with Crippen molar-refractivity contribution in [1.82, 2.24) is 24.5 Å². The molecule has 5 rings (SSSR count). The lowest BCUT2D eigenvalue weighted by molar-refractivity contribution is -0.122. The average molecular weight is 479 g/mol. The molecule has 0 atom stereocenters. The highest BCUT2D eigenvalue weighted by molar-refractivity contribution is 5.75. The van der Waals surface area contributed by atoms with E-state index in [9.17, 15) is 18.4 Å². The minimum Gasteiger partial charge on any atom is -0.368 e. The lowest BCUT2D eigenvalue weighted by Crippen LogP contribution is -2.47. The minimum atomic E-state index is -0.726. The molecule has 2 aromatic carbocycles. The van der Waals surface area contributed by atoms with Gasteiger partial charge in [-0.2, -0.15) is 0 Å². The summed E-state index contributed by atoms with van der Waals surface area (Å²) in [5.74, 6) is -1.39. The van der Waals surface area contributed by atoms with E-state index in [1.807, 2.05) is 18.2 Å². The van der Waals surface area contributed by atoms with Crippen molar-refractivity contribution in [3.05, 3.63) is 88.6 Å². The number of piperazine rings is 1. The molecular formula is C24H23F2N7O2. The number of halogens is 2. The summed E-state index contributed by atoms with van der Waals surface area (Å²) in [5.41, 5.74) is 1.33. The Hall–Kier alpha value is -4.28. The number of amides is 1. The summed E-state index contributed by atoms with van der Waals surface area (Å²) in [7, 11) is 0. The maximum atomic E-state index is 13.3. The molecule has 35 heavy (non-hydrogen) atoms. The van der Waals surface area contributed by atoms with Gasteiger partial charge in [-0.25, -0.2) is 27.6 Å². The highest BCUT2D eigenvalue weighted by atomic mass is 19.1. The Labute approximate surface area is 199 Å². The van der Waals surface area contributed by atoms with Crippen LogP contribution in [0, 0.1) is 11.6 Å². The lowest BCUT2D eigenvalue weighted by Gasteiger charge is -2.36. The monoisotopic (exact) mass is 479 g/mol. The van der Waals surface area contributed by atoms with Gasteiger partial charge in [-0.3, -0.25) is 4.79 Å². The van der Waals surface area contributed by atoms with Gasteiger partial charge in [0.1, 0.15) is 18.2 Å². The fourth-order valence-electron chi connectivity index (χ4n) is 4.18. The second-order valence-electron chi connectivity index (χ2n) is 8.25. The van der Waals surface area contributed by atoms with E-state index in [1.165, 1.54) is 16.8 Å². The number of hydrogen-bond donors (Lipinski definition) is 1. The average Bonchev–Trinajstić information content (AvgIpc) is 3.18. The Kier molecular flexibility index (Phi) is 6.13. The Morgan fingerprint density at radius 1 is 0.971 bits per heavy atom. The molecule has 1 amide bonds. The van der Waals surface area contributed by atoms with Crippen LogP contribution >= 0.6 is 0 Å². The van der Waals surface area contributed by atoms with Crippen molar-refractivity contribution in [3.8, 4) is 0 Å². The fraction of sp³-hybridized carbons (Fsp3) is 0.250. The number of nitrogens with zero attached hydrogens (tertiary/aromatic N) is 6. The number of nitrogens with one attached hydrogen (secondary N) is 1. The zero-order valence-corrected chi connectivity index (χ0v) is 18.8. The molecule has 0 radical (unpaired) electrons. The molecule has 11 heteroatoms. The number of para-hydroxylation sites is 1. The lowest BCUT2D eigenvalue weighted by atomic mass is 10.2. The van der Waals surface area contributed by atoms with Gasteiger partial charge in [0.15, 0.2) is 5.82 Å². The van der Waals surface area contributed by atoms with Gasteiger partial charge in [-0.15, -0.1) is 5.10 Å². The second-order valence-corrected chi connectivity index (χ2v) is 8.25.